The molecular weight excluding hydrogens is 284 g/mol. The Balaban J connectivity index is 1.95. The number of methoxy groups -OCH3 is 1. The van der Waals surface area contributed by atoms with Crippen LogP contribution in [-0.4, -0.2) is 33.8 Å². The van der Waals surface area contributed by atoms with Crippen LogP contribution in [-0.2, 0) is 16.1 Å². The second-order valence-corrected chi connectivity index (χ2v) is 4.77. The molecule has 0 unspecified atom stereocenters. The van der Waals surface area contributed by atoms with E-state index in [2.05, 4.69) is 20.1 Å². The zero-order chi connectivity index (χ0) is 15.9. The largest absolute Gasteiger partial charge is 0.469 e. The normalized spacial score (nSPS) is 10.3. The van der Waals surface area contributed by atoms with Crippen molar-refractivity contribution < 1.29 is 14.3 Å². The molecule has 0 aromatic carbocycles. The van der Waals surface area contributed by atoms with Gasteiger partial charge in [-0.05, 0) is 25.5 Å². The number of hydrogen-bond acceptors (Lipinski definition) is 5. The Bertz CT molecular complexity index is 652. The number of nitrogens with zero attached hydrogens (tertiary/aromatic N) is 3. The Morgan fingerprint density at radius 3 is 2.91 bits per heavy atom. The number of carbonyl (C=O) groups is 2. The summed E-state index contributed by atoms with van der Waals surface area (Å²) in [6, 6.07) is 5.17. The third-order valence-corrected chi connectivity index (χ3v) is 3.13. The number of anilines is 1. The van der Waals surface area contributed by atoms with Crippen LogP contribution in [0.15, 0.2) is 30.6 Å². The van der Waals surface area contributed by atoms with Crippen molar-refractivity contribution in [2.45, 2.75) is 26.3 Å². The smallest absolute Gasteiger partial charge is 0.305 e. The number of amides is 1. The van der Waals surface area contributed by atoms with Crippen LogP contribution in [0, 0.1) is 6.92 Å². The van der Waals surface area contributed by atoms with Gasteiger partial charge in [0, 0.05) is 37.1 Å². The Morgan fingerprint density at radius 1 is 1.41 bits per heavy atom. The minimum atomic E-state index is -0.257. The highest BCUT2D eigenvalue weighted by Crippen LogP contribution is 2.11. The maximum absolute atomic E-state index is 12.0. The minimum absolute atomic E-state index is 0.241. The summed E-state index contributed by atoms with van der Waals surface area (Å²) in [5.74, 6) is -0.0216. The number of ether oxygens (including phenoxy) is 1. The molecule has 0 aliphatic rings. The molecule has 0 atom stereocenters. The van der Waals surface area contributed by atoms with Gasteiger partial charge in [0.1, 0.15) is 0 Å². The summed E-state index contributed by atoms with van der Waals surface area (Å²) < 4.78 is 6.35. The Hall–Kier alpha value is -2.70. The molecule has 0 bridgehead atoms. The van der Waals surface area contributed by atoms with Crippen molar-refractivity contribution in [2.75, 3.05) is 12.4 Å². The van der Waals surface area contributed by atoms with E-state index in [0.29, 0.717) is 30.8 Å². The van der Waals surface area contributed by atoms with Gasteiger partial charge in [-0.1, -0.05) is 0 Å². The van der Waals surface area contributed by atoms with Gasteiger partial charge >= 0.3 is 5.97 Å². The molecule has 7 heteroatoms. The van der Waals surface area contributed by atoms with Crippen LogP contribution in [0.1, 0.15) is 28.9 Å². The van der Waals surface area contributed by atoms with Gasteiger partial charge in [0.2, 0.25) is 0 Å². The molecule has 7 nitrogen and oxygen atoms in total. The molecule has 0 saturated heterocycles. The summed E-state index contributed by atoms with van der Waals surface area (Å²) in [5, 5.41) is 7.04. The highest BCUT2D eigenvalue weighted by atomic mass is 16.5. The first-order valence-electron chi connectivity index (χ1n) is 6.93. The zero-order valence-corrected chi connectivity index (χ0v) is 12.6. The van der Waals surface area contributed by atoms with Crippen LogP contribution >= 0.6 is 0 Å². The average Bonchev–Trinajstić information content (AvgIpc) is 2.87. The topological polar surface area (TPSA) is 86.1 Å². The van der Waals surface area contributed by atoms with E-state index in [9.17, 15) is 9.59 Å². The predicted molar refractivity (Wildman–Crippen MR) is 80.4 cm³/mol. The Morgan fingerprint density at radius 2 is 2.23 bits per heavy atom. The highest BCUT2D eigenvalue weighted by molar-refractivity contribution is 6.03. The first kappa shape index (κ1) is 15.7. The molecule has 2 aromatic rings. The molecule has 2 heterocycles. The van der Waals surface area contributed by atoms with Crippen molar-refractivity contribution in [3.8, 4) is 0 Å². The number of esters is 1. The number of pyridine rings is 1. The van der Waals surface area contributed by atoms with E-state index >= 15 is 0 Å². The lowest BCUT2D eigenvalue weighted by atomic mass is 10.3. The molecule has 0 aliphatic carbocycles. The monoisotopic (exact) mass is 302 g/mol. The van der Waals surface area contributed by atoms with Crippen molar-refractivity contribution in [2.24, 2.45) is 0 Å². The van der Waals surface area contributed by atoms with Crippen molar-refractivity contribution in [1.82, 2.24) is 14.8 Å². The number of carbonyl (C=O) groups excluding carboxylic acids is 2. The van der Waals surface area contributed by atoms with Gasteiger partial charge in [-0.25, -0.2) is 0 Å². The van der Waals surface area contributed by atoms with E-state index in [0.717, 1.165) is 5.69 Å². The maximum atomic E-state index is 12.0. The molecule has 0 fully saturated rings. The lowest BCUT2D eigenvalue weighted by Crippen LogP contribution is -2.13. The van der Waals surface area contributed by atoms with Crippen LogP contribution in [0.5, 0.6) is 0 Å². The van der Waals surface area contributed by atoms with Crippen LogP contribution in [0.4, 0.5) is 5.82 Å². The summed E-state index contributed by atoms with van der Waals surface area (Å²) in [7, 11) is 1.37. The number of rotatable bonds is 6. The van der Waals surface area contributed by atoms with E-state index < -0.39 is 0 Å². The summed E-state index contributed by atoms with van der Waals surface area (Å²) in [6.07, 6.45) is 4.07. The van der Waals surface area contributed by atoms with Gasteiger partial charge in [-0.2, -0.15) is 5.10 Å². The van der Waals surface area contributed by atoms with E-state index in [1.807, 2.05) is 6.92 Å². The fourth-order valence-corrected chi connectivity index (χ4v) is 1.96. The van der Waals surface area contributed by atoms with Gasteiger partial charge in [0.25, 0.3) is 5.91 Å². The molecule has 0 saturated carbocycles. The zero-order valence-electron chi connectivity index (χ0n) is 12.6. The first-order valence-corrected chi connectivity index (χ1v) is 6.93. The van der Waals surface area contributed by atoms with Gasteiger partial charge in [-0.3, -0.25) is 19.3 Å². The molecule has 0 spiro atoms. The van der Waals surface area contributed by atoms with Crippen LogP contribution in [0.25, 0.3) is 0 Å². The summed E-state index contributed by atoms with van der Waals surface area (Å²) in [4.78, 5) is 27.0. The molecule has 116 valence electrons. The molecule has 1 amide bonds. The summed E-state index contributed by atoms with van der Waals surface area (Å²) >= 11 is 0. The van der Waals surface area contributed by atoms with Gasteiger partial charge in [0.15, 0.2) is 5.82 Å². The molecule has 1 N–H and O–H groups in total. The maximum Gasteiger partial charge on any atom is 0.305 e. The minimum Gasteiger partial charge on any atom is -0.469 e. The van der Waals surface area contributed by atoms with Crippen molar-refractivity contribution >= 4 is 17.7 Å². The standard InChI is InChI=1S/C15H18N4O3/c1-11-9-13(17-15(21)12-5-3-7-16-10-12)18-19(11)8-4-6-14(20)22-2/h3,5,7,9-10H,4,6,8H2,1-2H3,(H,17,18,21). The SMILES string of the molecule is COC(=O)CCCn1nc(NC(=O)c2cccnc2)cc1C. The molecule has 2 rings (SSSR count). The fraction of sp³-hybridized carbons (Fsp3) is 0.333. The molecule has 22 heavy (non-hydrogen) atoms. The molecular formula is C15H18N4O3. The van der Waals surface area contributed by atoms with E-state index in [1.165, 1.54) is 13.3 Å². The van der Waals surface area contributed by atoms with Crippen LogP contribution in [0.2, 0.25) is 0 Å². The average molecular weight is 302 g/mol. The van der Waals surface area contributed by atoms with Crippen molar-refractivity contribution in [3.63, 3.8) is 0 Å². The number of hydrogen-bond donors (Lipinski definition) is 1. The summed E-state index contributed by atoms with van der Waals surface area (Å²) in [5.41, 5.74) is 1.38. The van der Waals surface area contributed by atoms with Gasteiger partial charge in [0.05, 0.1) is 12.7 Å². The molecule has 0 aliphatic heterocycles. The first-order chi connectivity index (χ1) is 10.6. The van der Waals surface area contributed by atoms with Crippen molar-refractivity contribution in [3.05, 3.63) is 41.9 Å². The van der Waals surface area contributed by atoms with Crippen LogP contribution < -0.4 is 5.32 Å². The van der Waals surface area contributed by atoms with Crippen molar-refractivity contribution in [1.29, 1.82) is 0 Å². The lowest BCUT2D eigenvalue weighted by Gasteiger charge is -2.03. The predicted octanol–water partition coefficient (Wildman–Crippen LogP) is 1.79. The summed E-state index contributed by atoms with van der Waals surface area (Å²) in [6.45, 7) is 2.48. The van der Waals surface area contributed by atoms with Gasteiger partial charge < -0.3 is 10.1 Å². The lowest BCUT2D eigenvalue weighted by molar-refractivity contribution is -0.140. The molecule has 2 aromatic heterocycles. The second-order valence-electron chi connectivity index (χ2n) is 4.77. The van der Waals surface area contributed by atoms with E-state index in [4.69, 9.17) is 0 Å². The number of nitrogens with one attached hydrogen (secondary N) is 1. The Labute approximate surface area is 128 Å². The highest BCUT2D eigenvalue weighted by Gasteiger charge is 2.10. The third-order valence-electron chi connectivity index (χ3n) is 3.13. The quantitative estimate of drug-likeness (QED) is 0.822. The fourth-order valence-electron chi connectivity index (χ4n) is 1.96. The molecule has 0 radical (unpaired) electrons. The second kappa shape index (κ2) is 7.35. The van der Waals surface area contributed by atoms with E-state index in [-0.39, 0.29) is 11.9 Å². The third kappa shape index (κ3) is 4.15. The van der Waals surface area contributed by atoms with E-state index in [1.54, 1.807) is 29.1 Å². The number of aromatic nitrogens is 3. The Kier molecular flexibility index (Phi) is 5.24. The van der Waals surface area contributed by atoms with Crippen LogP contribution in [0.3, 0.4) is 0 Å². The number of aryl methyl sites for hydroxylation is 2. The van der Waals surface area contributed by atoms with Gasteiger partial charge in [-0.15, -0.1) is 0 Å².